The highest BCUT2D eigenvalue weighted by atomic mass is 16.2. The molecule has 0 saturated carbocycles. The Labute approximate surface area is 152 Å². The maximum absolute atomic E-state index is 12.7. The number of amides is 1. The molecule has 0 unspecified atom stereocenters. The average Bonchev–Trinajstić information content (AvgIpc) is 2.62. The zero-order valence-corrected chi connectivity index (χ0v) is 15.4. The molecule has 3 aromatic rings. The van der Waals surface area contributed by atoms with Crippen molar-refractivity contribution in [3.8, 4) is 0 Å². The van der Waals surface area contributed by atoms with E-state index in [1.807, 2.05) is 56.3 Å². The summed E-state index contributed by atoms with van der Waals surface area (Å²) in [6.07, 6.45) is 3.06. The van der Waals surface area contributed by atoms with Gasteiger partial charge in [-0.1, -0.05) is 18.2 Å². The molecule has 1 aromatic carbocycles. The fourth-order valence-electron chi connectivity index (χ4n) is 2.78. The maximum atomic E-state index is 12.7. The van der Waals surface area contributed by atoms with Crippen molar-refractivity contribution in [3.05, 3.63) is 75.8 Å². The molecule has 0 atom stereocenters. The highest BCUT2D eigenvalue weighted by Gasteiger charge is 2.17. The van der Waals surface area contributed by atoms with Crippen LogP contribution in [0.5, 0.6) is 0 Å². The first-order valence-electron chi connectivity index (χ1n) is 8.36. The molecule has 0 aliphatic rings. The Bertz CT molecular complexity index is 1010. The SMILES string of the molecule is Cc1ccc2ncc(C(=O)N(C)Cc3ccc(N(C)C)cc3)c(=O)n2c1. The predicted molar refractivity (Wildman–Crippen MR) is 103 cm³/mol. The lowest BCUT2D eigenvalue weighted by Crippen LogP contribution is -2.33. The van der Waals surface area contributed by atoms with Gasteiger partial charge in [-0.25, -0.2) is 4.98 Å². The largest absolute Gasteiger partial charge is 0.378 e. The summed E-state index contributed by atoms with van der Waals surface area (Å²) >= 11 is 0. The van der Waals surface area contributed by atoms with E-state index in [-0.39, 0.29) is 17.0 Å². The number of anilines is 1. The zero-order chi connectivity index (χ0) is 18.8. The van der Waals surface area contributed by atoms with Gasteiger partial charge < -0.3 is 9.80 Å². The fourth-order valence-corrected chi connectivity index (χ4v) is 2.78. The second kappa shape index (κ2) is 7.00. The van der Waals surface area contributed by atoms with Gasteiger partial charge in [0.2, 0.25) is 0 Å². The van der Waals surface area contributed by atoms with Crippen molar-refractivity contribution in [1.82, 2.24) is 14.3 Å². The number of hydrogen-bond acceptors (Lipinski definition) is 4. The lowest BCUT2D eigenvalue weighted by molar-refractivity contribution is 0.0782. The second-order valence-electron chi connectivity index (χ2n) is 6.63. The Kier molecular flexibility index (Phi) is 4.75. The summed E-state index contributed by atoms with van der Waals surface area (Å²) in [5.41, 5.74) is 3.27. The Hall–Kier alpha value is -3.15. The molecule has 0 N–H and O–H groups in total. The van der Waals surface area contributed by atoms with Crippen LogP contribution in [0.25, 0.3) is 5.65 Å². The summed E-state index contributed by atoms with van der Waals surface area (Å²) in [6, 6.07) is 11.6. The Morgan fingerprint density at radius 1 is 1.08 bits per heavy atom. The minimum absolute atomic E-state index is 0.0699. The quantitative estimate of drug-likeness (QED) is 0.725. The summed E-state index contributed by atoms with van der Waals surface area (Å²) in [5, 5.41) is 0. The number of benzene rings is 1. The summed E-state index contributed by atoms with van der Waals surface area (Å²) < 4.78 is 1.42. The molecule has 0 bridgehead atoms. The first kappa shape index (κ1) is 17.7. The summed E-state index contributed by atoms with van der Waals surface area (Å²) in [6.45, 7) is 2.31. The van der Waals surface area contributed by atoms with E-state index >= 15 is 0 Å². The van der Waals surface area contributed by atoms with Crippen molar-refractivity contribution in [1.29, 1.82) is 0 Å². The van der Waals surface area contributed by atoms with Crippen LogP contribution in [-0.4, -0.2) is 41.3 Å². The number of aryl methyl sites for hydroxylation is 1. The Morgan fingerprint density at radius 2 is 1.77 bits per heavy atom. The smallest absolute Gasteiger partial charge is 0.270 e. The number of pyridine rings is 1. The van der Waals surface area contributed by atoms with E-state index in [9.17, 15) is 9.59 Å². The van der Waals surface area contributed by atoms with Gasteiger partial charge in [0.05, 0.1) is 0 Å². The average molecular weight is 350 g/mol. The van der Waals surface area contributed by atoms with E-state index in [1.165, 1.54) is 15.5 Å². The zero-order valence-electron chi connectivity index (χ0n) is 15.4. The van der Waals surface area contributed by atoms with Gasteiger partial charge in [-0.2, -0.15) is 0 Å². The molecule has 0 saturated heterocycles. The van der Waals surface area contributed by atoms with Crippen molar-refractivity contribution in [3.63, 3.8) is 0 Å². The lowest BCUT2D eigenvalue weighted by atomic mass is 10.2. The van der Waals surface area contributed by atoms with Gasteiger partial charge in [-0.3, -0.25) is 14.0 Å². The minimum atomic E-state index is -0.349. The molecular formula is C20H22N4O2. The van der Waals surface area contributed by atoms with Crippen LogP contribution in [0, 0.1) is 6.92 Å². The Morgan fingerprint density at radius 3 is 2.42 bits per heavy atom. The van der Waals surface area contributed by atoms with E-state index in [0.717, 1.165) is 16.8 Å². The number of fused-ring (bicyclic) bond motifs is 1. The molecule has 0 radical (unpaired) electrons. The van der Waals surface area contributed by atoms with E-state index in [1.54, 1.807) is 19.3 Å². The molecule has 6 heteroatoms. The van der Waals surface area contributed by atoms with Gasteiger partial charge in [0.15, 0.2) is 0 Å². The van der Waals surface area contributed by atoms with E-state index < -0.39 is 0 Å². The topological polar surface area (TPSA) is 57.9 Å². The highest BCUT2D eigenvalue weighted by molar-refractivity contribution is 5.93. The van der Waals surface area contributed by atoms with Crippen LogP contribution in [0.4, 0.5) is 5.69 Å². The molecule has 6 nitrogen and oxygen atoms in total. The van der Waals surface area contributed by atoms with Gasteiger partial charge in [0.25, 0.3) is 11.5 Å². The highest BCUT2D eigenvalue weighted by Crippen LogP contribution is 2.14. The second-order valence-corrected chi connectivity index (χ2v) is 6.63. The minimum Gasteiger partial charge on any atom is -0.378 e. The molecule has 0 spiro atoms. The third kappa shape index (κ3) is 3.44. The van der Waals surface area contributed by atoms with Crippen LogP contribution in [0.2, 0.25) is 0 Å². The molecule has 1 amide bonds. The fraction of sp³-hybridized carbons (Fsp3) is 0.250. The van der Waals surface area contributed by atoms with E-state index in [2.05, 4.69) is 4.98 Å². The standard InChI is InChI=1S/C20H22N4O2/c1-14-5-10-18-21-11-17(20(26)24(18)12-14)19(25)23(4)13-15-6-8-16(9-7-15)22(2)3/h5-12H,13H2,1-4H3. The van der Waals surface area contributed by atoms with Gasteiger partial charge >= 0.3 is 0 Å². The molecule has 0 fully saturated rings. The normalized spacial score (nSPS) is 10.8. The van der Waals surface area contributed by atoms with E-state index in [4.69, 9.17) is 0 Å². The molecule has 2 heterocycles. The van der Waals surface area contributed by atoms with Crippen molar-refractivity contribution >= 4 is 17.2 Å². The molecule has 0 aliphatic heterocycles. The summed E-state index contributed by atoms with van der Waals surface area (Å²) in [7, 11) is 5.64. The third-order valence-corrected chi connectivity index (χ3v) is 4.30. The van der Waals surface area contributed by atoms with Crippen molar-refractivity contribution in [2.45, 2.75) is 13.5 Å². The number of rotatable bonds is 4. The number of nitrogens with zero attached hydrogens (tertiary/aromatic N) is 4. The summed E-state index contributed by atoms with van der Waals surface area (Å²) in [5.74, 6) is -0.338. The van der Waals surface area contributed by atoms with Gasteiger partial charge in [0.1, 0.15) is 11.2 Å². The first-order chi connectivity index (χ1) is 12.4. The molecule has 26 heavy (non-hydrogen) atoms. The van der Waals surface area contributed by atoms with Crippen LogP contribution in [0.3, 0.4) is 0 Å². The molecule has 0 aliphatic carbocycles. The maximum Gasteiger partial charge on any atom is 0.270 e. The van der Waals surface area contributed by atoms with Crippen molar-refractivity contribution in [2.75, 3.05) is 26.0 Å². The molecule has 134 valence electrons. The lowest BCUT2D eigenvalue weighted by Gasteiger charge is -2.18. The van der Waals surface area contributed by atoms with Crippen LogP contribution < -0.4 is 10.5 Å². The molecule has 2 aromatic heterocycles. The van der Waals surface area contributed by atoms with Crippen LogP contribution in [0.1, 0.15) is 21.5 Å². The van der Waals surface area contributed by atoms with Gasteiger partial charge in [-0.05, 0) is 36.2 Å². The Balaban J connectivity index is 1.85. The summed E-state index contributed by atoms with van der Waals surface area (Å²) in [4.78, 5) is 33.2. The molecule has 3 rings (SSSR count). The number of carbonyl (C=O) groups is 1. The first-order valence-corrected chi connectivity index (χ1v) is 8.36. The number of aromatic nitrogens is 2. The molecular weight excluding hydrogens is 328 g/mol. The monoisotopic (exact) mass is 350 g/mol. The van der Waals surface area contributed by atoms with Gasteiger partial charge in [0, 0.05) is 45.8 Å². The number of hydrogen-bond donors (Lipinski definition) is 0. The predicted octanol–water partition coefficient (Wildman–Crippen LogP) is 2.34. The van der Waals surface area contributed by atoms with Gasteiger partial charge in [-0.15, -0.1) is 0 Å². The number of carbonyl (C=O) groups excluding carboxylic acids is 1. The van der Waals surface area contributed by atoms with Crippen LogP contribution in [-0.2, 0) is 6.54 Å². The van der Waals surface area contributed by atoms with Crippen molar-refractivity contribution in [2.24, 2.45) is 0 Å². The van der Waals surface area contributed by atoms with Crippen LogP contribution >= 0.6 is 0 Å². The third-order valence-electron chi connectivity index (χ3n) is 4.30. The van der Waals surface area contributed by atoms with Crippen LogP contribution in [0.15, 0.2) is 53.6 Å². The van der Waals surface area contributed by atoms with Crippen molar-refractivity contribution < 1.29 is 4.79 Å². The van der Waals surface area contributed by atoms with E-state index in [0.29, 0.717) is 12.2 Å².